The topological polar surface area (TPSA) is 66.5 Å². The van der Waals surface area contributed by atoms with Gasteiger partial charge >= 0.3 is 0 Å². The Bertz CT molecular complexity index is 963. The molecule has 28 heavy (non-hydrogen) atoms. The molecule has 3 rings (SSSR count). The van der Waals surface area contributed by atoms with Crippen molar-refractivity contribution in [1.82, 2.24) is 9.62 Å². The lowest BCUT2D eigenvalue weighted by Crippen LogP contribution is -2.42. The van der Waals surface area contributed by atoms with Gasteiger partial charge in [-0.3, -0.25) is 4.79 Å². The molecule has 5 nitrogen and oxygen atoms in total. The van der Waals surface area contributed by atoms with Crippen LogP contribution in [0.25, 0.3) is 0 Å². The van der Waals surface area contributed by atoms with Crippen LogP contribution in [0.3, 0.4) is 0 Å². The van der Waals surface area contributed by atoms with Crippen LogP contribution >= 0.6 is 0 Å². The summed E-state index contributed by atoms with van der Waals surface area (Å²) in [6.07, 6.45) is 0.661. The minimum absolute atomic E-state index is 0.119. The number of hydrogen-bond acceptors (Lipinski definition) is 3. The number of hydrogen-bond donors (Lipinski definition) is 1. The van der Waals surface area contributed by atoms with Gasteiger partial charge in [-0.05, 0) is 42.2 Å². The molecule has 2 aromatic carbocycles. The zero-order valence-electron chi connectivity index (χ0n) is 16.9. The number of nitrogens with one attached hydrogen (secondary N) is 1. The van der Waals surface area contributed by atoms with Gasteiger partial charge in [0.2, 0.25) is 15.9 Å². The summed E-state index contributed by atoms with van der Waals surface area (Å²) in [5.74, 6) is 0.119. The Kier molecular flexibility index (Phi) is 5.64. The molecule has 0 saturated heterocycles. The molecule has 2 aromatic rings. The van der Waals surface area contributed by atoms with Crippen molar-refractivity contribution < 1.29 is 13.2 Å². The summed E-state index contributed by atoms with van der Waals surface area (Å²) >= 11 is 0. The van der Waals surface area contributed by atoms with E-state index in [1.807, 2.05) is 69.0 Å². The molecular formula is C22H28N2O3S. The number of rotatable bonds is 4. The van der Waals surface area contributed by atoms with Gasteiger partial charge in [-0.2, -0.15) is 0 Å². The first-order chi connectivity index (χ1) is 13.1. The van der Waals surface area contributed by atoms with Crippen LogP contribution in [0.4, 0.5) is 0 Å². The quantitative estimate of drug-likeness (QED) is 0.852. The molecule has 6 heteroatoms. The average molecular weight is 401 g/mol. The van der Waals surface area contributed by atoms with E-state index in [9.17, 15) is 13.2 Å². The summed E-state index contributed by atoms with van der Waals surface area (Å²) in [7, 11) is -3.62. The fraction of sp³-hybridized carbons (Fsp3) is 0.409. The van der Waals surface area contributed by atoms with Gasteiger partial charge in [0.25, 0.3) is 0 Å². The molecule has 150 valence electrons. The van der Waals surface area contributed by atoms with Crippen molar-refractivity contribution in [3.63, 3.8) is 0 Å². The lowest BCUT2D eigenvalue weighted by molar-refractivity contribution is -0.140. The Hall–Kier alpha value is -2.18. The molecular weight excluding hydrogens is 372 g/mol. The van der Waals surface area contributed by atoms with Gasteiger partial charge in [0.1, 0.15) is 0 Å². The molecule has 0 aromatic heterocycles. The first kappa shape index (κ1) is 20.6. The third-order valence-electron chi connectivity index (χ3n) is 5.06. The standard InChI is InChI=1S/C22H28N2O3S/c1-16(17-8-6-5-7-9-17)23-28(26,27)20-11-10-19-15-24(13-12-18(19)14-20)21(25)22(2,3)4/h5-11,14,16,23H,12-13,15H2,1-4H3/t16-/m0/s1. The van der Waals surface area contributed by atoms with Crippen molar-refractivity contribution >= 4 is 15.9 Å². The average Bonchev–Trinajstić information content (AvgIpc) is 2.66. The van der Waals surface area contributed by atoms with Crippen LogP contribution in [0.5, 0.6) is 0 Å². The molecule has 1 aliphatic heterocycles. The van der Waals surface area contributed by atoms with Crippen molar-refractivity contribution in [3.8, 4) is 0 Å². The molecule has 0 unspecified atom stereocenters. The van der Waals surface area contributed by atoms with Crippen LogP contribution in [-0.4, -0.2) is 25.8 Å². The maximum Gasteiger partial charge on any atom is 0.241 e. The maximum absolute atomic E-state index is 12.8. The third-order valence-corrected chi connectivity index (χ3v) is 6.60. The number of amides is 1. The van der Waals surface area contributed by atoms with E-state index in [1.54, 1.807) is 12.1 Å². The van der Waals surface area contributed by atoms with E-state index in [4.69, 9.17) is 0 Å². The lowest BCUT2D eigenvalue weighted by Gasteiger charge is -2.33. The van der Waals surface area contributed by atoms with E-state index in [1.165, 1.54) is 0 Å². The third kappa shape index (κ3) is 4.45. The predicted molar refractivity (Wildman–Crippen MR) is 110 cm³/mol. The zero-order chi connectivity index (χ0) is 20.5. The van der Waals surface area contributed by atoms with E-state index in [0.29, 0.717) is 19.5 Å². The number of nitrogens with zero attached hydrogens (tertiary/aromatic N) is 1. The molecule has 0 radical (unpaired) electrons. The SMILES string of the molecule is C[C@H](NS(=O)(=O)c1ccc2c(c1)CCN(C(=O)C(C)(C)C)C2)c1ccccc1. The monoisotopic (exact) mass is 400 g/mol. The van der Waals surface area contributed by atoms with Crippen LogP contribution in [-0.2, 0) is 27.8 Å². The number of benzene rings is 2. The number of sulfonamides is 1. The molecule has 0 fully saturated rings. The highest BCUT2D eigenvalue weighted by molar-refractivity contribution is 7.89. The van der Waals surface area contributed by atoms with E-state index < -0.39 is 15.4 Å². The van der Waals surface area contributed by atoms with Crippen LogP contribution in [0, 0.1) is 5.41 Å². The van der Waals surface area contributed by atoms with E-state index in [2.05, 4.69) is 4.72 Å². The fourth-order valence-corrected chi connectivity index (χ4v) is 4.74. The van der Waals surface area contributed by atoms with E-state index in [-0.39, 0.29) is 16.8 Å². The van der Waals surface area contributed by atoms with Crippen molar-refractivity contribution in [3.05, 3.63) is 65.2 Å². The molecule has 0 bridgehead atoms. The van der Waals surface area contributed by atoms with Crippen LogP contribution in [0.2, 0.25) is 0 Å². The van der Waals surface area contributed by atoms with Gasteiger partial charge in [0.05, 0.1) is 4.90 Å². The highest BCUT2D eigenvalue weighted by Gasteiger charge is 2.30. The first-order valence-corrected chi connectivity index (χ1v) is 11.0. The Morgan fingerprint density at radius 3 is 2.39 bits per heavy atom. The first-order valence-electron chi connectivity index (χ1n) is 9.56. The van der Waals surface area contributed by atoms with Crippen LogP contribution in [0.15, 0.2) is 53.4 Å². The molecule has 0 saturated carbocycles. The normalized spacial score (nSPS) is 15.8. The summed E-state index contributed by atoms with van der Waals surface area (Å²) < 4.78 is 28.4. The Balaban J connectivity index is 1.78. The van der Waals surface area contributed by atoms with E-state index >= 15 is 0 Å². The van der Waals surface area contributed by atoms with Crippen LogP contribution < -0.4 is 4.72 Å². The van der Waals surface area contributed by atoms with Gasteiger partial charge < -0.3 is 4.90 Å². The number of carbonyl (C=O) groups excluding carboxylic acids is 1. The summed E-state index contributed by atoms with van der Waals surface area (Å²) in [6, 6.07) is 14.4. The smallest absolute Gasteiger partial charge is 0.241 e. The molecule has 0 spiro atoms. The molecule has 1 amide bonds. The second-order valence-corrected chi connectivity index (χ2v) is 10.1. The molecule has 1 N–H and O–H groups in total. The van der Waals surface area contributed by atoms with Crippen molar-refractivity contribution in [2.45, 2.75) is 51.6 Å². The summed E-state index contributed by atoms with van der Waals surface area (Å²) in [6.45, 7) is 8.72. The van der Waals surface area contributed by atoms with Crippen molar-refractivity contribution in [1.29, 1.82) is 0 Å². The minimum atomic E-state index is -3.62. The molecule has 1 heterocycles. The van der Waals surface area contributed by atoms with Crippen molar-refractivity contribution in [2.24, 2.45) is 5.41 Å². The van der Waals surface area contributed by atoms with Gasteiger partial charge in [-0.15, -0.1) is 0 Å². The summed E-state index contributed by atoms with van der Waals surface area (Å²) in [4.78, 5) is 14.7. The van der Waals surface area contributed by atoms with Gasteiger partial charge in [0, 0.05) is 24.5 Å². The van der Waals surface area contributed by atoms with Crippen LogP contribution in [0.1, 0.15) is 50.4 Å². The zero-order valence-corrected chi connectivity index (χ0v) is 17.7. The summed E-state index contributed by atoms with van der Waals surface area (Å²) in [5.41, 5.74) is 2.51. The Morgan fingerprint density at radius 1 is 1.07 bits per heavy atom. The van der Waals surface area contributed by atoms with E-state index in [0.717, 1.165) is 16.7 Å². The minimum Gasteiger partial charge on any atom is -0.338 e. The molecule has 1 atom stereocenters. The highest BCUT2D eigenvalue weighted by Crippen LogP contribution is 2.27. The van der Waals surface area contributed by atoms with Gasteiger partial charge in [0.15, 0.2) is 0 Å². The fourth-order valence-electron chi connectivity index (χ4n) is 3.45. The molecule has 0 aliphatic carbocycles. The van der Waals surface area contributed by atoms with Gasteiger partial charge in [-0.1, -0.05) is 57.2 Å². The number of carbonyl (C=O) groups is 1. The second kappa shape index (κ2) is 7.68. The second-order valence-electron chi connectivity index (χ2n) is 8.41. The van der Waals surface area contributed by atoms with Gasteiger partial charge in [-0.25, -0.2) is 13.1 Å². The number of fused-ring (bicyclic) bond motifs is 1. The lowest BCUT2D eigenvalue weighted by atomic mass is 9.92. The Labute approximate surface area is 167 Å². The molecule has 1 aliphatic rings. The Morgan fingerprint density at radius 2 is 1.75 bits per heavy atom. The summed E-state index contributed by atoms with van der Waals surface area (Å²) in [5, 5.41) is 0. The highest BCUT2D eigenvalue weighted by atomic mass is 32.2. The maximum atomic E-state index is 12.8. The predicted octanol–water partition coefficient (Wildman–Crippen LogP) is 3.66. The largest absolute Gasteiger partial charge is 0.338 e. The van der Waals surface area contributed by atoms with Crippen molar-refractivity contribution in [2.75, 3.05) is 6.54 Å².